The minimum atomic E-state index is -0.0766. The molecule has 0 bridgehead atoms. The van der Waals surface area contributed by atoms with Crippen molar-refractivity contribution in [3.63, 3.8) is 0 Å². The Labute approximate surface area is 154 Å². The first-order valence-corrected chi connectivity index (χ1v) is 9.05. The molecule has 1 aromatic carbocycles. The van der Waals surface area contributed by atoms with Crippen LogP contribution < -0.4 is 0 Å². The van der Waals surface area contributed by atoms with Crippen LogP contribution in [-0.4, -0.2) is 20.2 Å². The molecular weight excluding hydrogens is 326 g/mol. The first-order chi connectivity index (χ1) is 12.5. The number of rotatable bonds is 6. The van der Waals surface area contributed by atoms with Crippen molar-refractivity contribution in [2.75, 3.05) is 0 Å². The third kappa shape index (κ3) is 3.83. The molecule has 0 saturated heterocycles. The van der Waals surface area contributed by atoms with Crippen molar-refractivity contribution in [2.24, 2.45) is 5.92 Å². The van der Waals surface area contributed by atoms with Gasteiger partial charge in [0.25, 0.3) is 5.89 Å². The molecular formula is C21H25N3O2. The Morgan fingerprint density at radius 2 is 1.92 bits per heavy atom. The standard InChI is InChI=1S/C21H25N3O2/c1-5-19-18(9-8-17(12-25)22-19)20-23-21(26-24-20)16-7-6-15(10-13(2)3)14(4)11-16/h6-9,11,13,25H,5,10,12H2,1-4H3. The highest BCUT2D eigenvalue weighted by Gasteiger charge is 2.15. The second kappa shape index (κ2) is 7.79. The van der Waals surface area contributed by atoms with Crippen LogP contribution in [0, 0.1) is 12.8 Å². The molecule has 0 fully saturated rings. The smallest absolute Gasteiger partial charge is 0.258 e. The molecule has 2 aromatic heterocycles. The lowest BCUT2D eigenvalue weighted by molar-refractivity contribution is 0.276. The lowest BCUT2D eigenvalue weighted by Crippen LogP contribution is -1.98. The summed E-state index contributed by atoms with van der Waals surface area (Å²) in [5.41, 5.74) is 5.84. The number of nitrogens with zero attached hydrogens (tertiary/aromatic N) is 3. The molecule has 1 N–H and O–H groups in total. The Morgan fingerprint density at radius 1 is 1.12 bits per heavy atom. The Kier molecular flexibility index (Phi) is 5.47. The highest BCUT2D eigenvalue weighted by molar-refractivity contribution is 5.62. The van der Waals surface area contributed by atoms with Crippen LogP contribution in [0.4, 0.5) is 0 Å². The summed E-state index contributed by atoms with van der Waals surface area (Å²) < 4.78 is 5.50. The van der Waals surface area contributed by atoms with Crippen molar-refractivity contribution in [3.8, 4) is 22.8 Å². The fourth-order valence-electron chi connectivity index (χ4n) is 3.06. The van der Waals surface area contributed by atoms with E-state index in [9.17, 15) is 5.11 Å². The van der Waals surface area contributed by atoms with Gasteiger partial charge in [0.15, 0.2) is 0 Å². The van der Waals surface area contributed by atoms with Crippen LogP contribution in [-0.2, 0) is 19.4 Å². The van der Waals surface area contributed by atoms with E-state index in [1.165, 1.54) is 11.1 Å². The van der Waals surface area contributed by atoms with Crippen molar-refractivity contribution in [1.29, 1.82) is 0 Å². The van der Waals surface area contributed by atoms with Gasteiger partial charge >= 0.3 is 0 Å². The fraction of sp³-hybridized carbons (Fsp3) is 0.381. The zero-order valence-electron chi connectivity index (χ0n) is 15.8. The minimum absolute atomic E-state index is 0.0766. The van der Waals surface area contributed by atoms with Crippen LogP contribution in [0.5, 0.6) is 0 Å². The summed E-state index contributed by atoms with van der Waals surface area (Å²) in [6.45, 7) is 8.50. The Bertz CT molecular complexity index is 900. The molecule has 0 aliphatic heterocycles. The summed E-state index contributed by atoms with van der Waals surface area (Å²) in [6, 6.07) is 9.96. The minimum Gasteiger partial charge on any atom is -0.390 e. The van der Waals surface area contributed by atoms with E-state index in [1.54, 1.807) is 6.07 Å². The Balaban J connectivity index is 1.92. The Hall–Kier alpha value is -2.53. The second-order valence-electron chi connectivity index (χ2n) is 6.97. The number of aliphatic hydroxyl groups is 1. The number of pyridine rings is 1. The van der Waals surface area contributed by atoms with Gasteiger partial charge in [-0.1, -0.05) is 32.0 Å². The highest BCUT2D eigenvalue weighted by atomic mass is 16.5. The zero-order chi connectivity index (χ0) is 18.7. The molecule has 2 heterocycles. The normalized spacial score (nSPS) is 11.3. The van der Waals surface area contributed by atoms with Gasteiger partial charge in [0.05, 0.1) is 18.0 Å². The molecule has 0 radical (unpaired) electrons. The van der Waals surface area contributed by atoms with Gasteiger partial charge in [-0.15, -0.1) is 0 Å². The van der Waals surface area contributed by atoms with Crippen LogP contribution in [0.2, 0.25) is 0 Å². The third-order valence-corrected chi connectivity index (χ3v) is 4.41. The zero-order valence-corrected chi connectivity index (χ0v) is 15.8. The summed E-state index contributed by atoms with van der Waals surface area (Å²) in [5, 5.41) is 13.4. The van der Waals surface area contributed by atoms with Gasteiger partial charge in [0.1, 0.15) is 0 Å². The van der Waals surface area contributed by atoms with Crippen molar-refractivity contribution >= 4 is 0 Å². The van der Waals surface area contributed by atoms with Crippen molar-refractivity contribution in [1.82, 2.24) is 15.1 Å². The summed E-state index contributed by atoms with van der Waals surface area (Å²) in [4.78, 5) is 9.02. The highest BCUT2D eigenvalue weighted by Crippen LogP contribution is 2.26. The third-order valence-electron chi connectivity index (χ3n) is 4.41. The molecule has 0 atom stereocenters. The first kappa shape index (κ1) is 18.3. The maximum atomic E-state index is 9.26. The summed E-state index contributed by atoms with van der Waals surface area (Å²) in [6.07, 6.45) is 1.79. The van der Waals surface area contributed by atoms with Crippen LogP contribution in [0.1, 0.15) is 43.3 Å². The van der Waals surface area contributed by atoms with E-state index >= 15 is 0 Å². The molecule has 0 aliphatic rings. The number of aliphatic hydroxyl groups excluding tert-OH is 1. The van der Waals surface area contributed by atoms with Crippen molar-refractivity contribution in [3.05, 3.63) is 52.8 Å². The van der Waals surface area contributed by atoms with Gasteiger partial charge in [-0.2, -0.15) is 4.98 Å². The number of hydrogen-bond donors (Lipinski definition) is 1. The second-order valence-corrected chi connectivity index (χ2v) is 6.97. The topological polar surface area (TPSA) is 72.0 Å². The van der Waals surface area contributed by atoms with E-state index in [1.807, 2.05) is 19.1 Å². The molecule has 0 aliphatic carbocycles. The molecule has 3 aromatic rings. The summed E-state index contributed by atoms with van der Waals surface area (Å²) in [5.74, 6) is 1.65. The first-order valence-electron chi connectivity index (χ1n) is 9.05. The van der Waals surface area contributed by atoms with Crippen LogP contribution in [0.25, 0.3) is 22.8 Å². The molecule has 0 saturated carbocycles. The quantitative estimate of drug-likeness (QED) is 0.714. The molecule has 3 rings (SSSR count). The van der Waals surface area contributed by atoms with Crippen molar-refractivity contribution < 1.29 is 9.63 Å². The van der Waals surface area contributed by atoms with Crippen LogP contribution >= 0.6 is 0 Å². The maximum Gasteiger partial charge on any atom is 0.258 e. The van der Waals surface area contributed by atoms with E-state index < -0.39 is 0 Å². The SMILES string of the molecule is CCc1nc(CO)ccc1-c1noc(-c2ccc(CC(C)C)c(C)c2)n1. The average Bonchev–Trinajstić information content (AvgIpc) is 3.12. The average molecular weight is 351 g/mol. The lowest BCUT2D eigenvalue weighted by Gasteiger charge is -2.09. The molecule has 5 nitrogen and oxygen atoms in total. The van der Waals surface area contributed by atoms with Crippen LogP contribution in [0.3, 0.4) is 0 Å². The molecule has 0 unspecified atom stereocenters. The van der Waals surface area contributed by atoms with E-state index in [-0.39, 0.29) is 6.61 Å². The molecule has 0 amide bonds. The molecule has 136 valence electrons. The number of hydrogen-bond acceptors (Lipinski definition) is 5. The summed E-state index contributed by atoms with van der Waals surface area (Å²) in [7, 11) is 0. The fourth-order valence-corrected chi connectivity index (χ4v) is 3.06. The molecule has 0 spiro atoms. The molecule has 26 heavy (non-hydrogen) atoms. The number of aryl methyl sites for hydroxylation is 2. The van der Waals surface area contributed by atoms with E-state index in [2.05, 4.69) is 48.0 Å². The maximum absolute atomic E-state index is 9.26. The van der Waals surface area contributed by atoms with Gasteiger partial charge in [0, 0.05) is 11.1 Å². The van der Waals surface area contributed by atoms with Gasteiger partial charge in [-0.05, 0) is 61.1 Å². The van der Waals surface area contributed by atoms with Gasteiger partial charge < -0.3 is 9.63 Å². The lowest BCUT2D eigenvalue weighted by atomic mass is 9.97. The molecule has 5 heteroatoms. The monoisotopic (exact) mass is 351 g/mol. The number of aromatic nitrogens is 3. The van der Waals surface area contributed by atoms with E-state index in [0.717, 1.165) is 29.7 Å². The van der Waals surface area contributed by atoms with Gasteiger partial charge in [-0.25, -0.2) is 0 Å². The predicted molar refractivity (Wildman–Crippen MR) is 102 cm³/mol. The predicted octanol–water partition coefficient (Wildman–Crippen LogP) is 4.36. The number of benzene rings is 1. The van der Waals surface area contributed by atoms with Crippen molar-refractivity contribution in [2.45, 2.75) is 47.1 Å². The van der Waals surface area contributed by atoms with E-state index in [0.29, 0.717) is 23.3 Å². The van der Waals surface area contributed by atoms with Gasteiger partial charge in [0.2, 0.25) is 5.82 Å². The summed E-state index contributed by atoms with van der Waals surface area (Å²) >= 11 is 0. The van der Waals surface area contributed by atoms with Gasteiger partial charge in [-0.3, -0.25) is 4.98 Å². The van der Waals surface area contributed by atoms with Crippen LogP contribution in [0.15, 0.2) is 34.9 Å². The Morgan fingerprint density at radius 3 is 2.58 bits per heavy atom. The van der Waals surface area contributed by atoms with E-state index in [4.69, 9.17) is 4.52 Å². The largest absolute Gasteiger partial charge is 0.390 e.